The number of rotatable bonds is 7. The van der Waals surface area contributed by atoms with E-state index in [0.717, 1.165) is 24.8 Å². The summed E-state index contributed by atoms with van der Waals surface area (Å²) >= 11 is 6.57. The topological polar surface area (TPSA) is 83.5 Å². The molecule has 2 aromatic carbocycles. The van der Waals surface area contributed by atoms with Crippen LogP contribution < -0.4 is 10.1 Å². The highest BCUT2D eigenvalue weighted by atomic mass is 35.5. The van der Waals surface area contributed by atoms with Gasteiger partial charge >= 0.3 is 6.01 Å². The molecular weight excluding hydrogens is 586 g/mol. The maximum atomic E-state index is 16.6. The fourth-order valence-electron chi connectivity index (χ4n) is 7.18. The number of pyridine rings is 1. The van der Waals surface area contributed by atoms with Crippen molar-refractivity contribution < 1.29 is 18.3 Å². The van der Waals surface area contributed by atoms with Gasteiger partial charge in [-0.15, -0.1) is 0 Å². The fourth-order valence-corrected chi connectivity index (χ4v) is 7.46. The normalized spacial score (nSPS) is 25.1. The average molecular weight is 619 g/mol. The molecule has 0 bridgehead atoms. The van der Waals surface area contributed by atoms with Gasteiger partial charge in [-0.2, -0.15) is 9.97 Å². The number of aromatic nitrogens is 3. The van der Waals surface area contributed by atoms with Crippen LogP contribution in [0.15, 0.2) is 55.3 Å². The molecule has 7 rings (SSSR count). The molecule has 3 saturated heterocycles. The van der Waals surface area contributed by atoms with Crippen molar-refractivity contribution >= 4 is 45.0 Å². The monoisotopic (exact) mass is 618 g/mol. The lowest BCUT2D eigenvalue weighted by Crippen LogP contribution is -2.43. The number of anilines is 1. The Morgan fingerprint density at radius 3 is 2.86 bits per heavy atom. The van der Waals surface area contributed by atoms with Crippen LogP contribution in [-0.2, 0) is 4.79 Å². The second-order valence-corrected chi connectivity index (χ2v) is 12.6. The summed E-state index contributed by atoms with van der Waals surface area (Å²) in [5.74, 6) is -0.321. The molecule has 0 radical (unpaired) electrons. The number of carbonyl (C=O) groups is 1. The summed E-state index contributed by atoms with van der Waals surface area (Å²) in [5, 5.41) is 5.86. The molecule has 4 aromatic rings. The van der Waals surface area contributed by atoms with Gasteiger partial charge in [0.25, 0.3) is 0 Å². The lowest BCUT2D eigenvalue weighted by molar-refractivity contribution is -0.125. The molecule has 3 fully saturated rings. The van der Waals surface area contributed by atoms with Gasteiger partial charge in [-0.1, -0.05) is 55.4 Å². The van der Waals surface area contributed by atoms with Gasteiger partial charge in [-0.05, 0) is 42.8 Å². The maximum absolute atomic E-state index is 16.6. The quantitative estimate of drug-likeness (QED) is 0.253. The van der Waals surface area contributed by atoms with E-state index >= 15 is 4.39 Å². The summed E-state index contributed by atoms with van der Waals surface area (Å²) in [5.41, 5.74) is 0.289. The first-order valence-electron chi connectivity index (χ1n) is 15.0. The molecule has 5 heterocycles. The smallest absolute Gasteiger partial charge is 0.319 e. The van der Waals surface area contributed by atoms with Crippen molar-refractivity contribution in [3.8, 4) is 17.3 Å². The largest absolute Gasteiger partial charge is 0.461 e. The summed E-state index contributed by atoms with van der Waals surface area (Å²) in [6.45, 7) is 8.06. The molecular formula is C33H33ClF2N6O2. The number of carbonyl (C=O) groups excluding carboxylic acids is 1. The van der Waals surface area contributed by atoms with Crippen molar-refractivity contribution in [1.82, 2.24) is 24.8 Å². The molecule has 1 N–H and O–H groups in total. The number of halogens is 3. The van der Waals surface area contributed by atoms with Gasteiger partial charge in [0.15, 0.2) is 5.82 Å². The molecule has 0 aliphatic carbocycles. The first-order valence-corrected chi connectivity index (χ1v) is 15.4. The first kappa shape index (κ1) is 28.9. The van der Waals surface area contributed by atoms with Crippen molar-refractivity contribution in [2.75, 3.05) is 38.1 Å². The zero-order valence-electron chi connectivity index (χ0n) is 24.4. The maximum Gasteiger partial charge on any atom is 0.319 e. The third-order valence-electron chi connectivity index (χ3n) is 9.42. The van der Waals surface area contributed by atoms with E-state index < -0.39 is 17.5 Å². The Morgan fingerprint density at radius 2 is 2.05 bits per heavy atom. The Bertz CT molecular complexity index is 1780. The zero-order chi connectivity index (χ0) is 30.6. The predicted molar refractivity (Wildman–Crippen MR) is 167 cm³/mol. The second kappa shape index (κ2) is 11.2. The lowest BCUT2D eigenvalue weighted by Gasteiger charge is -2.30. The molecule has 4 atom stereocenters. The van der Waals surface area contributed by atoms with E-state index in [0.29, 0.717) is 53.2 Å². The minimum Gasteiger partial charge on any atom is -0.461 e. The van der Waals surface area contributed by atoms with Gasteiger partial charge in [0.05, 0.1) is 10.9 Å². The lowest BCUT2D eigenvalue weighted by atomic mass is 9.95. The third kappa shape index (κ3) is 4.94. The number of nitrogens with one attached hydrogen (secondary N) is 1. The fraction of sp³-hybridized carbons (Fsp3) is 0.394. The van der Waals surface area contributed by atoms with Gasteiger partial charge in [0.1, 0.15) is 29.8 Å². The number of alkyl halides is 1. The van der Waals surface area contributed by atoms with E-state index in [4.69, 9.17) is 16.3 Å². The molecule has 11 heteroatoms. The number of nitrogens with zero attached hydrogens (tertiary/aromatic N) is 5. The SMILES string of the molecule is C=CC(=O)N1C[C@H](Nc2nc(OC[C@@]34CCCN3C[C@H](F)C4)nc3c(F)c(-c4cccc5cccc(Cl)c45)ncc23)[C@@H](C)C1. The minimum atomic E-state index is -0.905. The summed E-state index contributed by atoms with van der Waals surface area (Å²) in [6, 6.07) is 10.9. The highest BCUT2D eigenvalue weighted by Gasteiger charge is 2.49. The van der Waals surface area contributed by atoms with Gasteiger partial charge in [0.2, 0.25) is 5.91 Å². The Hall–Kier alpha value is -3.89. The molecule has 0 unspecified atom stereocenters. The molecule has 8 nitrogen and oxygen atoms in total. The van der Waals surface area contributed by atoms with Crippen molar-refractivity contribution in [1.29, 1.82) is 0 Å². The minimum absolute atomic E-state index is 0.000194. The van der Waals surface area contributed by atoms with E-state index in [1.807, 2.05) is 31.2 Å². The van der Waals surface area contributed by atoms with Gasteiger partial charge in [-0.25, -0.2) is 8.78 Å². The first-order chi connectivity index (χ1) is 21.3. The Kier molecular flexibility index (Phi) is 7.37. The van der Waals surface area contributed by atoms with Crippen LogP contribution in [0, 0.1) is 11.7 Å². The zero-order valence-corrected chi connectivity index (χ0v) is 25.2. The van der Waals surface area contributed by atoms with E-state index in [9.17, 15) is 9.18 Å². The molecule has 44 heavy (non-hydrogen) atoms. The highest BCUT2D eigenvalue weighted by molar-refractivity contribution is 6.36. The third-order valence-corrected chi connectivity index (χ3v) is 9.74. The van der Waals surface area contributed by atoms with E-state index in [-0.39, 0.29) is 41.7 Å². The summed E-state index contributed by atoms with van der Waals surface area (Å²) in [4.78, 5) is 30.0. The molecule has 0 spiro atoms. The molecule has 2 aromatic heterocycles. The van der Waals surface area contributed by atoms with Crippen LogP contribution in [0.3, 0.4) is 0 Å². The second-order valence-electron chi connectivity index (χ2n) is 12.2. The number of hydrogen-bond donors (Lipinski definition) is 1. The Morgan fingerprint density at radius 1 is 1.23 bits per heavy atom. The number of hydrogen-bond acceptors (Lipinski definition) is 7. The van der Waals surface area contributed by atoms with E-state index in [2.05, 4.69) is 31.7 Å². The van der Waals surface area contributed by atoms with Crippen LogP contribution in [0.1, 0.15) is 26.2 Å². The predicted octanol–water partition coefficient (Wildman–Crippen LogP) is 6.04. The van der Waals surface area contributed by atoms with Crippen LogP contribution in [-0.4, -0.2) is 81.2 Å². The van der Waals surface area contributed by atoms with E-state index in [1.54, 1.807) is 23.2 Å². The molecule has 3 aliphatic rings. The van der Waals surface area contributed by atoms with Crippen molar-refractivity contribution in [2.24, 2.45) is 5.92 Å². The van der Waals surface area contributed by atoms with Crippen molar-refractivity contribution in [3.05, 3.63) is 66.1 Å². The summed E-state index contributed by atoms with van der Waals surface area (Å²) < 4.78 is 37.2. The molecule has 3 aliphatic heterocycles. The number of ether oxygens (including phenoxy) is 1. The number of likely N-dealkylation sites (tertiary alicyclic amines) is 1. The van der Waals surface area contributed by atoms with Crippen LogP contribution in [0.4, 0.5) is 14.6 Å². The van der Waals surface area contributed by atoms with Gasteiger partial charge < -0.3 is 15.0 Å². The van der Waals surface area contributed by atoms with Crippen LogP contribution in [0.5, 0.6) is 6.01 Å². The number of fused-ring (bicyclic) bond motifs is 3. The number of benzene rings is 2. The standard InChI is InChI=1S/C33H33ClF2N6O2/c1-3-26(43)41-15-19(2)25(17-41)38-31-23-14-37-29(22-9-4-7-20-8-5-10-24(34)27(20)22)28(36)30(23)39-32(40-31)44-18-33-11-6-12-42(33)16-21(35)13-33/h3-5,7-10,14,19,21,25H,1,6,11-13,15-18H2,2H3,(H,38,39,40)/t19-,21+,25-,33-/m0/s1. The Balaban J connectivity index is 1.31. The van der Waals surface area contributed by atoms with Gasteiger partial charge in [0, 0.05) is 54.3 Å². The van der Waals surface area contributed by atoms with Crippen molar-refractivity contribution in [3.63, 3.8) is 0 Å². The van der Waals surface area contributed by atoms with Crippen molar-refractivity contribution in [2.45, 2.75) is 43.9 Å². The summed E-state index contributed by atoms with van der Waals surface area (Å²) in [7, 11) is 0. The molecule has 228 valence electrons. The summed E-state index contributed by atoms with van der Waals surface area (Å²) in [6.07, 6.45) is 4.14. The molecule has 0 saturated carbocycles. The highest BCUT2D eigenvalue weighted by Crippen LogP contribution is 2.41. The Labute approximate surface area is 259 Å². The average Bonchev–Trinajstić information content (AvgIpc) is 3.67. The molecule has 1 amide bonds. The van der Waals surface area contributed by atoms with Gasteiger partial charge in [-0.3, -0.25) is 14.7 Å². The van der Waals surface area contributed by atoms with Crippen LogP contribution in [0.2, 0.25) is 5.02 Å². The number of amides is 1. The van der Waals surface area contributed by atoms with E-state index in [1.165, 1.54) is 6.08 Å². The van der Waals surface area contributed by atoms with Crippen LogP contribution in [0.25, 0.3) is 32.9 Å². The van der Waals surface area contributed by atoms with Crippen LogP contribution >= 0.6 is 11.6 Å².